The van der Waals surface area contributed by atoms with E-state index in [9.17, 15) is 13.2 Å². The Hall–Kier alpha value is -1.37. The summed E-state index contributed by atoms with van der Waals surface area (Å²) in [5.41, 5.74) is -0.0644. The molecule has 1 aliphatic rings. The molecule has 1 saturated carbocycles. The van der Waals surface area contributed by atoms with Crippen molar-refractivity contribution in [1.82, 2.24) is 4.90 Å². The molecule has 1 aromatic carbocycles. The fourth-order valence-electron chi connectivity index (χ4n) is 2.02. The van der Waals surface area contributed by atoms with E-state index in [0.29, 0.717) is 6.54 Å². The largest absolute Gasteiger partial charge is 0.332 e. The summed E-state index contributed by atoms with van der Waals surface area (Å²) in [7, 11) is -4.01. The van der Waals surface area contributed by atoms with E-state index >= 15 is 0 Å². The smallest absolute Gasteiger partial charge is 0.257 e. The maximum Gasteiger partial charge on any atom is 0.257 e. The molecular weight excluding hydrogens is 300 g/mol. The van der Waals surface area contributed by atoms with Gasteiger partial charge in [-0.2, -0.15) is 0 Å². The summed E-state index contributed by atoms with van der Waals surface area (Å²) in [5.74, 6) is -0.429. The molecule has 2 rings (SSSR count). The van der Waals surface area contributed by atoms with E-state index in [1.807, 2.05) is 0 Å². The van der Waals surface area contributed by atoms with Crippen LogP contribution in [0, 0.1) is 0 Å². The summed E-state index contributed by atoms with van der Waals surface area (Å²) < 4.78 is 23.2. The first kappa shape index (κ1) is 15.0. The molecular formula is C13H15ClN2O3S. The van der Waals surface area contributed by atoms with Crippen LogP contribution in [0.25, 0.3) is 0 Å². The standard InChI is InChI=1S/C13H15ClN2O3S/c1-2-8-16(9-6-7-9)13(17)12-10(14)4-3-5-11(12)20(15,18)19/h2-5,9H,1,6-8H2,(H2,15,18,19). The lowest BCUT2D eigenvalue weighted by Crippen LogP contribution is -2.34. The predicted molar refractivity (Wildman–Crippen MR) is 77.1 cm³/mol. The quantitative estimate of drug-likeness (QED) is 0.841. The minimum absolute atomic E-state index is 0.0644. The van der Waals surface area contributed by atoms with Crippen LogP contribution in [0.3, 0.4) is 0 Å². The van der Waals surface area contributed by atoms with Gasteiger partial charge in [0.25, 0.3) is 5.91 Å². The zero-order valence-electron chi connectivity index (χ0n) is 10.8. The number of hydrogen-bond donors (Lipinski definition) is 1. The van der Waals surface area contributed by atoms with Crippen LogP contribution in [-0.4, -0.2) is 31.8 Å². The average Bonchev–Trinajstić information content (AvgIpc) is 3.18. The highest BCUT2D eigenvalue weighted by atomic mass is 35.5. The van der Waals surface area contributed by atoms with E-state index in [4.69, 9.17) is 16.7 Å². The summed E-state index contributed by atoms with van der Waals surface area (Å²) in [6.45, 7) is 3.96. The highest BCUT2D eigenvalue weighted by Crippen LogP contribution is 2.31. The second-order valence-corrected chi connectivity index (χ2v) is 6.57. The highest BCUT2D eigenvalue weighted by molar-refractivity contribution is 7.89. The molecule has 20 heavy (non-hydrogen) atoms. The third-order valence-corrected chi connectivity index (χ3v) is 4.34. The molecule has 2 N–H and O–H groups in total. The number of carbonyl (C=O) groups is 1. The molecule has 7 heteroatoms. The molecule has 1 amide bonds. The van der Waals surface area contributed by atoms with Gasteiger partial charge in [-0.3, -0.25) is 4.79 Å². The number of primary sulfonamides is 1. The van der Waals surface area contributed by atoms with Gasteiger partial charge in [-0.15, -0.1) is 6.58 Å². The van der Waals surface area contributed by atoms with Crippen molar-refractivity contribution in [3.8, 4) is 0 Å². The molecule has 108 valence electrons. The van der Waals surface area contributed by atoms with E-state index < -0.39 is 15.9 Å². The van der Waals surface area contributed by atoms with E-state index in [1.54, 1.807) is 11.0 Å². The first-order chi connectivity index (χ1) is 9.36. The molecule has 1 fully saturated rings. The van der Waals surface area contributed by atoms with Crippen LogP contribution in [0.5, 0.6) is 0 Å². The molecule has 0 aliphatic heterocycles. The van der Waals surface area contributed by atoms with Gasteiger partial charge < -0.3 is 4.90 Å². The number of rotatable bonds is 5. The van der Waals surface area contributed by atoms with Crippen LogP contribution in [0.4, 0.5) is 0 Å². The molecule has 0 heterocycles. The van der Waals surface area contributed by atoms with Gasteiger partial charge in [-0.25, -0.2) is 13.6 Å². The molecule has 0 radical (unpaired) electrons. The van der Waals surface area contributed by atoms with Crippen LogP contribution in [0.15, 0.2) is 35.7 Å². The van der Waals surface area contributed by atoms with Crippen LogP contribution >= 0.6 is 11.6 Å². The molecule has 0 aromatic heterocycles. The van der Waals surface area contributed by atoms with Crippen LogP contribution < -0.4 is 5.14 Å². The fourth-order valence-corrected chi connectivity index (χ4v) is 3.08. The lowest BCUT2D eigenvalue weighted by Gasteiger charge is -2.22. The van der Waals surface area contributed by atoms with Crippen molar-refractivity contribution in [3.63, 3.8) is 0 Å². The van der Waals surface area contributed by atoms with Crippen molar-refractivity contribution in [1.29, 1.82) is 0 Å². The van der Waals surface area contributed by atoms with Crippen LogP contribution in [0.1, 0.15) is 23.2 Å². The number of nitrogens with two attached hydrogens (primary N) is 1. The molecule has 0 unspecified atom stereocenters. The lowest BCUT2D eigenvalue weighted by molar-refractivity contribution is 0.0759. The average molecular weight is 315 g/mol. The van der Waals surface area contributed by atoms with E-state index in [0.717, 1.165) is 12.8 Å². The fraction of sp³-hybridized carbons (Fsp3) is 0.308. The van der Waals surface area contributed by atoms with Gasteiger partial charge in [-0.05, 0) is 25.0 Å². The topological polar surface area (TPSA) is 80.5 Å². The monoisotopic (exact) mass is 314 g/mol. The lowest BCUT2D eigenvalue weighted by atomic mass is 10.2. The van der Waals surface area contributed by atoms with Crippen molar-refractivity contribution >= 4 is 27.5 Å². The summed E-state index contributed by atoms with van der Waals surface area (Å²) in [6, 6.07) is 4.33. The van der Waals surface area contributed by atoms with Crippen molar-refractivity contribution in [2.24, 2.45) is 5.14 Å². The van der Waals surface area contributed by atoms with Gasteiger partial charge in [0.2, 0.25) is 10.0 Å². The maximum atomic E-state index is 12.6. The Balaban J connectivity index is 2.50. The minimum atomic E-state index is -4.01. The van der Waals surface area contributed by atoms with Gasteiger partial charge in [0.1, 0.15) is 0 Å². The summed E-state index contributed by atoms with van der Waals surface area (Å²) in [6.07, 6.45) is 3.40. The normalized spacial score (nSPS) is 14.9. The molecule has 0 bridgehead atoms. The molecule has 0 atom stereocenters. The third kappa shape index (κ3) is 3.03. The minimum Gasteiger partial charge on any atom is -0.332 e. The Morgan fingerprint density at radius 2 is 2.15 bits per heavy atom. The Bertz CT molecular complexity index is 654. The van der Waals surface area contributed by atoms with Gasteiger partial charge in [-0.1, -0.05) is 23.7 Å². The van der Waals surface area contributed by atoms with Gasteiger partial charge in [0.15, 0.2) is 0 Å². The van der Waals surface area contributed by atoms with E-state index in [-0.39, 0.29) is 21.5 Å². The zero-order chi connectivity index (χ0) is 14.9. The number of amides is 1. The molecule has 1 aromatic rings. The first-order valence-corrected chi connectivity index (χ1v) is 8.02. The van der Waals surface area contributed by atoms with Crippen molar-refractivity contribution in [3.05, 3.63) is 41.4 Å². The number of halogens is 1. The maximum absolute atomic E-state index is 12.6. The Morgan fingerprint density at radius 1 is 1.50 bits per heavy atom. The van der Waals surface area contributed by atoms with Crippen molar-refractivity contribution in [2.45, 2.75) is 23.8 Å². The SMILES string of the molecule is C=CCN(C(=O)c1c(Cl)cccc1S(N)(=O)=O)C1CC1. The number of carbonyl (C=O) groups excluding carboxylic acids is 1. The van der Waals surface area contributed by atoms with Gasteiger partial charge in [0, 0.05) is 12.6 Å². The number of benzene rings is 1. The molecule has 5 nitrogen and oxygen atoms in total. The van der Waals surface area contributed by atoms with Crippen LogP contribution in [0.2, 0.25) is 5.02 Å². The number of hydrogen-bond acceptors (Lipinski definition) is 3. The Morgan fingerprint density at radius 3 is 2.65 bits per heavy atom. The second kappa shape index (κ2) is 5.55. The summed E-state index contributed by atoms with van der Waals surface area (Å²) in [4.78, 5) is 13.9. The Labute approximate surface area is 123 Å². The predicted octanol–water partition coefficient (Wildman–Crippen LogP) is 1.78. The van der Waals surface area contributed by atoms with E-state index in [1.165, 1.54) is 18.2 Å². The van der Waals surface area contributed by atoms with Gasteiger partial charge in [0.05, 0.1) is 15.5 Å². The molecule has 0 spiro atoms. The summed E-state index contributed by atoms with van der Waals surface area (Å²) in [5, 5.41) is 5.23. The summed E-state index contributed by atoms with van der Waals surface area (Å²) >= 11 is 6.01. The van der Waals surface area contributed by atoms with Crippen molar-refractivity contribution < 1.29 is 13.2 Å². The second-order valence-electron chi connectivity index (χ2n) is 4.64. The highest BCUT2D eigenvalue weighted by Gasteiger charge is 2.35. The molecule has 1 aliphatic carbocycles. The van der Waals surface area contributed by atoms with Crippen molar-refractivity contribution in [2.75, 3.05) is 6.54 Å². The zero-order valence-corrected chi connectivity index (χ0v) is 12.3. The van der Waals surface area contributed by atoms with E-state index in [2.05, 4.69) is 6.58 Å². The number of sulfonamides is 1. The van der Waals surface area contributed by atoms with Crippen LogP contribution in [-0.2, 0) is 10.0 Å². The van der Waals surface area contributed by atoms with Gasteiger partial charge >= 0.3 is 0 Å². The Kier molecular flexibility index (Phi) is 4.17. The number of nitrogens with zero attached hydrogens (tertiary/aromatic N) is 1. The first-order valence-electron chi connectivity index (χ1n) is 6.09. The third-order valence-electron chi connectivity index (χ3n) is 3.07. The molecule has 0 saturated heterocycles.